The summed E-state index contributed by atoms with van der Waals surface area (Å²) in [5.74, 6) is -0.0218. The Bertz CT molecular complexity index is 512. The van der Waals surface area contributed by atoms with Gasteiger partial charge in [-0.15, -0.1) is 0 Å². The Balaban J connectivity index is 2.01. The predicted octanol–water partition coefficient (Wildman–Crippen LogP) is 1.33. The average molecular weight is 263 g/mol. The highest BCUT2D eigenvalue weighted by Gasteiger charge is 2.37. The number of pyridine rings is 1. The Morgan fingerprint density at radius 3 is 2.74 bits per heavy atom. The van der Waals surface area contributed by atoms with Crippen molar-refractivity contribution in [3.8, 4) is 0 Å². The summed E-state index contributed by atoms with van der Waals surface area (Å²) >= 11 is 0. The maximum absolute atomic E-state index is 12.0. The molecule has 0 saturated heterocycles. The molecule has 3 N–H and O–H groups in total. The van der Waals surface area contributed by atoms with Gasteiger partial charge in [0.2, 0.25) is 5.91 Å². The van der Waals surface area contributed by atoms with Crippen LogP contribution in [0, 0.1) is 5.41 Å². The molecular weight excluding hydrogens is 242 g/mol. The van der Waals surface area contributed by atoms with Crippen LogP contribution in [0.15, 0.2) is 23.1 Å². The van der Waals surface area contributed by atoms with Crippen molar-refractivity contribution >= 4 is 11.6 Å². The third kappa shape index (κ3) is 3.04. The molecule has 0 spiro atoms. The van der Waals surface area contributed by atoms with E-state index in [1.54, 1.807) is 16.8 Å². The van der Waals surface area contributed by atoms with Crippen LogP contribution in [-0.4, -0.2) is 17.0 Å². The molecule has 0 radical (unpaired) electrons. The van der Waals surface area contributed by atoms with Gasteiger partial charge < -0.3 is 15.6 Å². The van der Waals surface area contributed by atoms with E-state index in [2.05, 4.69) is 5.32 Å². The summed E-state index contributed by atoms with van der Waals surface area (Å²) < 4.78 is 1.57. The zero-order valence-electron chi connectivity index (χ0n) is 11.3. The smallest absolute Gasteiger partial charge is 0.250 e. The molecule has 0 atom stereocenters. The molecule has 19 heavy (non-hydrogen) atoms. The fraction of sp³-hybridized carbons (Fsp3) is 0.571. The number of anilines is 1. The van der Waals surface area contributed by atoms with Gasteiger partial charge in [0.15, 0.2) is 0 Å². The van der Waals surface area contributed by atoms with E-state index < -0.39 is 0 Å². The molecule has 1 aromatic heterocycles. The lowest BCUT2D eigenvalue weighted by molar-refractivity contribution is -0.119. The summed E-state index contributed by atoms with van der Waals surface area (Å²) in [6.45, 7) is 3.05. The van der Waals surface area contributed by atoms with E-state index in [1.807, 2.05) is 6.92 Å². The number of nitrogens with zero attached hydrogens (tertiary/aromatic N) is 1. The highest BCUT2D eigenvalue weighted by molar-refractivity contribution is 5.91. The van der Waals surface area contributed by atoms with Crippen molar-refractivity contribution < 1.29 is 4.79 Å². The number of hydrogen-bond donors (Lipinski definition) is 2. The van der Waals surface area contributed by atoms with Gasteiger partial charge >= 0.3 is 0 Å². The number of nitrogens with one attached hydrogen (secondary N) is 1. The molecule has 1 aromatic rings. The first-order valence-corrected chi connectivity index (χ1v) is 6.79. The molecule has 2 rings (SSSR count). The van der Waals surface area contributed by atoms with Crippen molar-refractivity contribution in [1.82, 2.24) is 4.57 Å². The Hall–Kier alpha value is -1.62. The molecule has 104 valence electrons. The lowest BCUT2D eigenvalue weighted by atomic mass is 9.66. The number of carbonyl (C=O) groups excluding carboxylic acids is 1. The summed E-state index contributed by atoms with van der Waals surface area (Å²) in [5.41, 5.74) is 6.36. The van der Waals surface area contributed by atoms with E-state index in [-0.39, 0.29) is 16.9 Å². The fourth-order valence-corrected chi connectivity index (χ4v) is 2.53. The average Bonchev–Trinajstić information content (AvgIpc) is 2.36. The van der Waals surface area contributed by atoms with Gasteiger partial charge in [-0.2, -0.15) is 0 Å². The maximum Gasteiger partial charge on any atom is 0.250 e. The minimum absolute atomic E-state index is 0.00326. The van der Waals surface area contributed by atoms with Gasteiger partial charge in [-0.05, 0) is 37.8 Å². The monoisotopic (exact) mass is 263 g/mol. The van der Waals surface area contributed by atoms with Gasteiger partial charge in [-0.25, -0.2) is 0 Å². The molecule has 1 aliphatic rings. The Morgan fingerprint density at radius 1 is 1.47 bits per heavy atom. The zero-order chi connectivity index (χ0) is 13.9. The van der Waals surface area contributed by atoms with Gasteiger partial charge in [0.05, 0.1) is 5.69 Å². The molecule has 5 nitrogen and oxygen atoms in total. The Kier molecular flexibility index (Phi) is 4.04. The van der Waals surface area contributed by atoms with E-state index in [4.69, 9.17) is 5.73 Å². The molecule has 1 heterocycles. The molecule has 0 aromatic carbocycles. The third-order valence-corrected chi connectivity index (χ3v) is 3.99. The minimum atomic E-state index is -0.0575. The van der Waals surface area contributed by atoms with Crippen LogP contribution in [0.1, 0.15) is 32.6 Å². The number of carbonyl (C=O) groups is 1. The van der Waals surface area contributed by atoms with E-state index >= 15 is 0 Å². The van der Waals surface area contributed by atoms with Crippen molar-refractivity contribution in [2.45, 2.75) is 39.2 Å². The SMILES string of the molecule is CCn1cc(NC(=O)CC2(CN)CCC2)ccc1=O. The summed E-state index contributed by atoms with van der Waals surface area (Å²) in [4.78, 5) is 23.5. The third-order valence-electron chi connectivity index (χ3n) is 3.99. The highest BCUT2D eigenvalue weighted by atomic mass is 16.1. The minimum Gasteiger partial charge on any atom is -0.330 e. The molecule has 1 saturated carbocycles. The van der Waals surface area contributed by atoms with E-state index in [0.29, 0.717) is 25.2 Å². The van der Waals surface area contributed by atoms with Crippen molar-refractivity contribution in [1.29, 1.82) is 0 Å². The van der Waals surface area contributed by atoms with Gasteiger partial charge in [-0.3, -0.25) is 9.59 Å². The number of aryl methyl sites for hydroxylation is 1. The Labute approximate surface area is 112 Å². The first kappa shape index (κ1) is 13.8. The zero-order valence-corrected chi connectivity index (χ0v) is 11.3. The first-order valence-electron chi connectivity index (χ1n) is 6.79. The van der Waals surface area contributed by atoms with Crippen LogP contribution in [-0.2, 0) is 11.3 Å². The van der Waals surface area contributed by atoms with E-state index in [9.17, 15) is 9.59 Å². The molecule has 0 aliphatic heterocycles. The second-order valence-electron chi connectivity index (χ2n) is 5.32. The lowest BCUT2D eigenvalue weighted by Gasteiger charge is -2.40. The number of rotatable bonds is 5. The molecule has 5 heteroatoms. The second-order valence-corrected chi connectivity index (χ2v) is 5.32. The quantitative estimate of drug-likeness (QED) is 0.841. The van der Waals surface area contributed by atoms with Crippen LogP contribution in [0.5, 0.6) is 0 Å². The number of aromatic nitrogens is 1. The molecule has 1 amide bonds. The van der Waals surface area contributed by atoms with Crippen molar-refractivity contribution in [2.75, 3.05) is 11.9 Å². The number of nitrogens with two attached hydrogens (primary N) is 1. The predicted molar refractivity (Wildman–Crippen MR) is 75.0 cm³/mol. The largest absolute Gasteiger partial charge is 0.330 e. The van der Waals surface area contributed by atoms with Crippen LogP contribution in [0.4, 0.5) is 5.69 Å². The van der Waals surface area contributed by atoms with Crippen LogP contribution in [0.25, 0.3) is 0 Å². The second kappa shape index (κ2) is 5.57. The molecule has 0 bridgehead atoms. The number of amides is 1. The lowest BCUT2D eigenvalue weighted by Crippen LogP contribution is -2.40. The maximum atomic E-state index is 12.0. The van der Waals surface area contributed by atoms with E-state index in [1.165, 1.54) is 6.07 Å². The van der Waals surface area contributed by atoms with Gasteiger partial charge in [-0.1, -0.05) is 6.42 Å². The van der Waals surface area contributed by atoms with Crippen molar-refractivity contribution in [3.63, 3.8) is 0 Å². The Morgan fingerprint density at radius 2 is 2.21 bits per heavy atom. The van der Waals surface area contributed by atoms with Crippen molar-refractivity contribution in [2.24, 2.45) is 11.1 Å². The fourth-order valence-electron chi connectivity index (χ4n) is 2.53. The summed E-state index contributed by atoms with van der Waals surface area (Å²) in [7, 11) is 0. The van der Waals surface area contributed by atoms with Crippen LogP contribution in [0.3, 0.4) is 0 Å². The molecule has 1 aliphatic carbocycles. The summed E-state index contributed by atoms with van der Waals surface area (Å²) in [6, 6.07) is 3.11. The van der Waals surface area contributed by atoms with Crippen molar-refractivity contribution in [3.05, 3.63) is 28.7 Å². The van der Waals surface area contributed by atoms with Crippen LogP contribution < -0.4 is 16.6 Å². The number of hydrogen-bond acceptors (Lipinski definition) is 3. The first-order chi connectivity index (χ1) is 9.08. The molecule has 1 fully saturated rings. The van der Waals surface area contributed by atoms with Gasteiger partial charge in [0.25, 0.3) is 5.56 Å². The van der Waals surface area contributed by atoms with E-state index in [0.717, 1.165) is 19.3 Å². The summed E-state index contributed by atoms with van der Waals surface area (Å²) in [6.07, 6.45) is 5.37. The van der Waals surface area contributed by atoms with Gasteiger partial charge in [0.1, 0.15) is 0 Å². The highest BCUT2D eigenvalue weighted by Crippen LogP contribution is 2.42. The topological polar surface area (TPSA) is 77.1 Å². The van der Waals surface area contributed by atoms with Gasteiger partial charge in [0, 0.05) is 25.2 Å². The standard InChI is InChI=1S/C14H21N3O2/c1-2-17-9-11(4-5-13(17)19)16-12(18)8-14(10-15)6-3-7-14/h4-5,9H,2-3,6-8,10,15H2,1H3,(H,16,18). The van der Waals surface area contributed by atoms with Crippen LogP contribution in [0.2, 0.25) is 0 Å². The normalized spacial score (nSPS) is 16.7. The summed E-state index contributed by atoms with van der Waals surface area (Å²) in [5, 5.41) is 2.85. The molecule has 0 unspecified atom stereocenters. The molecular formula is C14H21N3O2. The van der Waals surface area contributed by atoms with Crippen LogP contribution >= 0.6 is 0 Å².